The third kappa shape index (κ3) is 6.37. The van der Waals surface area contributed by atoms with Crippen molar-refractivity contribution in [3.05, 3.63) is 121 Å². The van der Waals surface area contributed by atoms with Gasteiger partial charge in [0.2, 0.25) is 0 Å². The summed E-state index contributed by atoms with van der Waals surface area (Å²) in [5.74, 6) is 0.580. The molecule has 0 atom stereocenters. The quantitative estimate of drug-likeness (QED) is 0.135. The van der Waals surface area contributed by atoms with Crippen LogP contribution in [0.2, 0.25) is 0 Å². The number of hydrogen-bond acceptors (Lipinski definition) is 7. The van der Waals surface area contributed by atoms with Crippen molar-refractivity contribution in [2.75, 3.05) is 7.11 Å². The van der Waals surface area contributed by atoms with Gasteiger partial charge < -0.3 is 14.2 Å². The van der Waals surface area contributed by atoms with Crippen molar-refractivity contribution in [1.29, 1.82) is 0 Å². The highest BCUT2D eigenvalue weighted by Crippen LogP contribution is 2.33. The molecule has 0 aliphatic carbocycles. The highest BCUT2D eigenvalue weighted by Gasteiger charge is 2.21. The van der Waals surface area contributed by atoms with Crippen LogP contribution in [0.5, 0.6) is 11.5 Å². The zero-order valence-corrected chi connectivity index (χ0v) is 20.3. The Kier molecular flexibility index (Phi) is 8.10. The normalized spacial score (nSPS) is 10.8. The summed E-state index contributed by atoms with van der Waals surface area (Å²) in [5, 5.41) is 11.5. The number of nitrogens with zero attached hydrogens (tertiary/aromatic N) is 1. The average molecular weight is 502 g/mol. The van der Waals surface area contributed by atoms with Crippen LogP contribution in [0.1, 0.15) is 31.2 Å². The Labute approximate surface area is 212 Å². The van der Waals surface area contributed by atoms with Crippen molar-refractivity contribution in [3.63, 3.8) is 0 Å². The van der Waals surface area contributed by atoms with E-state index in [-0.39, 0.29) is 10.6 Å². The standard InChI is InChI=1S/C28H23NO6S/c1-33-28(30)27-17-24(29(31)32)26(36-27)15-13-22-12-14-23(34-18-20-8-4-2-5-9-20)16-25(22)35-19-21-10-6-3-7-11-21/h2-17H,18-19H2,1H3/b15-13+. The molecule has 8 heteroatoms. The summed E-state index contributed by atoms with van der Waals surface area (Å²) < 4.78 is 16.8. The number of ether oxygens (including phenoxy) is 3. The van der Waals surface area contributed by atoms with Gasteiger partial charge >= 0.3 is 5.97 Å². The highest BCUT2D eigenvalue weighted by atomic mass is 32.1. The molecule has 1 aromatic heterocycles. The summed E-state index contributed by atoms with van der Waals surface area (Å²) in [6.07, 6.45) is 3.33. The molecule has 0 N–H and O–H groups in total. The molecule has 0 aliphatic rings. The van der Waals surface area contributed by atoms with E-state index in [4.69, 9.17) is 14.2 Å². The summed E-state index contributed by atoms with van der Waals surface area (Å²) in [4.78, 5) is 23.3. The summed E-state index contributed by atoms with van der Waals surface area (Å²) in [5.41, 5.74) is 2.59. The molecule has 0 amide bonds. The first kappa shape index (κ1) is 24.7. The third-order valence-corrected chi connectivity index (χ3v) is 6.28. The van der Waals surface area contributed by atoms with E-state index >= 15 is 0 Å². The first-order valence-corrected chi connectivity index (χ1v) is 11.9. The predicted molar refractivity (Wildman–Crippen MR) is 139 cm³/mol. The Morgan fingerprint density at radius 2 is 1.53 bits per heavy atom. The van der Waals surface area contributed by atoms with Gasteiger partial charge in [0.15, 0.2) is 0 Å². The van der Waals surface area contributed by atoms with Gasteiger partial charge in [0, 0.05) is 17.7 Å². The number of carbonyl (C=O) groups excluding carboxylic acids is 1. The van der Waals surface area contributed by atoms with E-state index in [1.165, 1.54) is 13.2 Å². The predicted octanol–water partition coefficient (Wildman–Crippen LogP) is 6.77. The second kappa shape index (κ2) is 11.8. The lowest BCUT2D eigenvalue weighted by Gasteiger charge is -2.13. The molecule has 0 saturated carbocycles. The van der Waals surface area contributed by atoms with Crippen LogP contribution in [0, 0.1) is 10.1 Å². The molecule has 4 aromatic rings. The number of thiophene rings is 1. The SMILES string of the molecule is COC(=O)c1cc([N+](=O)[O-])c(/C=C/c2ccc(OCc3ccccc3)cc2OCc2ccccc2)s1. The largest absolute Gasteiger partial charge is 0.489 e. The summed E-state index contributed by atoms with van der Waals surface area (Å²) in [6, 6.07) is 26.3. The minimum atomic E-state index is -0.616. The van der Waals surface area contributed by atoms with Crippen LogP contribution in [-0.2, 0) is 18.0 Å². The van der Waals surface area contributed by atoms with Gasteiger partial charge in [0.1, 0.15) is 34.5 Å². The van der Waals surface area contributed by atoms with E-state index < -0.39 is 10.9 Å². The Morgan fingerprint density at radius 3 is 2.14 bits per heavy atom. The number of carbonyl (C=O) groups is 1. The number of methoxy groups -OCH3 is 1. The van der Waals surface area contributed by atoms with Crippen LogP contribution in [0.4, 0.5) is 5.69 Å². The van der Waals surface area contributed by atoms with Crippen LogP contribution >= 0.6 is 11.3 Å². The van der Waals surface area contributed by atoms with Crippen LogP contribution in [0.25, 0.3) is 12.2 Å². The van der Waals surface area contributed by atoms with E-state index in [1.807, 2.05) is 72.8 Å². The third-order valence-electron chi connectivity index (χ3n) is 5.21. The molecule has 0 unspecified atom stereocenters. The Bertz CT molecular complexity index is 1370. The van der Waals surface area contributed by atoms with Gasteiger partial charge in [-0.25, -0.2) is 4.79 Å². The zero-order valence-electron chi connectivity index (χ0n) is 19.5. The fraction of sp³-hybridized carbons (Fsp3) is 0.107. The number of hydrogen-bond donors (Lipinski definition) is 0. The van der Waals surface area contributed by atoms with Gasteiger partial charge in [-0.1, -0.05) is 60.7 Å². The van der Waals surface area contributed by atoms with E-state index in [0.29, 0.717) is 35.2 Å². The fourth-order valence-corrected chi connectivity index (χ4v) is 4.32. The second-order valence-electron chi connectivity index (χ2n) is 7.69. The monoisotopic (exact) mass is 501 g/mol. The van der Waals surface area contributed by atoms with E-state index in [9.17, 15) is 14.9 Å². The molecule has 0 spiro atoms. The zero-order chi connectivity index (χ0) is 25.3. The van der Waals surface area contributed by atoms with Crippen LogP contribution in [0.15, 0.2) is 84.9 Å². The molecule has 3 aromatic carbocycles. The molecule has 0 aliphatic heterocycles. The van der Waals surface area contributed by atoms with Crippen molar-refractivity contribution in [3.8, 4) is 11.5 Å². The van der Waals surface area contributed by atoms with Crippen molar-refractivity contribution >= 4 is 35.1 Å². The van der Waals surface area contributed by atoms with Gasteiger partial charge in [-0.2, -0.15) is 0 Å². The fourth-order valence-electron chi connectivity index (χ4n) is 3.37. The first-order valence-electron chi connectivity index (χ1n) is 11.1. The van der Waals surface area contributed by atoms with Gasteiger partial charge in [-0.15, -0.1) is 11.3 Å². The Hall–Kier alpha value is -4.43. The lowest BCUT2D eigenvalue weighted by atomic mass is 10.1. The highest BCUT2D eigenvalue weighted by molar-refractivity contribution is 7.15. The van der Waals surface area contributed by atoms with Gasteiger partial charge in [-0.3, -0.25) is 10.1 Å². The summed E-state index contributed by atoms with van der Waals surface area (Å²) in [6.45, 7) is 0.751. The number of esters is 1. The summed E-state index contributed by atoms with van der Waals surface area (Å²) in [7, 11) is 1.24. The van der Waals surface area contributed by atoms with Crippen LogP contribution < -0.4 is 9.47 Å². The molecule has 0 saturated heterocycles. The van der Waals surface area contributed by atoms with E-state index in [2.05, 4.69) is 0 Å². The van der Waals surface area contributed by atoms with E-state index in [0.717, 1.165) is 22.5 Å². The molecule has 0 bridgehead atoms. The second-order valence-corrected chi connectivity index (χ2v) is 8.77. The maximum absolute atomic E-state index is 11.9. The maximum Gasteiger partial charge on any atom is 0.348 e. The first-order chi connectivity index (χ1) is 17.5. The molecule has 7 nitrogen and oxygen atoms in total. The molecule has 4 rings (SSSR count). The molecule has 36 heavy (non-hydrogen) atoms. The Balaban J connectivity index is 1.60. The molecule has 1 heterocycles. The lowest BCUT2D eigenvalue weighted by Crippen LogP contribution is -1.99. The minimum absolute atomic E-state index is 0.161. The average Bonchev–Trinajstić information content (AvgIpc) is 3.35. The molecular formula is C28H23NO6S. The van der Waals surface area contributed by atoms with Crippen molar-refractivity contribution in [2.24, 2.45) is 0 Å². The van der Waals surface area contributed by atoms with Crippen molar-refractivity contribution < 1.29 is 23.9 Å². The van der Waals surface area contributed by atoms with Gasteiger partial charge in [0.25, 0.3) is 5.69 Å². The number of nitro groups is 1. The Morgan fingerprint density at radius 1 is 0.889 bits per heavy atom. The number of rotatable bonds is 10. The smallest absolute Gasteiger partial charge is 0.348 e. The van der Waals surface area contributed by atoms with Crippen LogP contribution in [-0.4, -0.2) is 18.0 Å². The van der Waals surface area contributed by atoms with Gasteiger partial charge in [-0.05, 0) is 35.4 Å². The topological polar surface area (TPSA) is 87.9 Å². The molecule has 0 radical (unpaired) electrons. The summed E-state index contributed by atoms with van der Waals surface area (Å²) >= 11 is 0.996. The lowest BCUT2D eigenvalue weighted by molar-refractivity contribution is -0.384. The molecule has 0 fully saturated rings. The maximum atomic E-state index is 11.9. The van der Waals surface area contributed by atoms with Gasteiger partial charge in [0.05, 0.1) is 12.0 Å². The van der Waals surface area contributed by atoms with Crippen molar-refractivity contribution in [1.82, 2.24) is 0 Å². The van der Waals surface area contributed by atoms with E-state index in [1.54, 1.807) is 18.2 Å². The van der Waals surface area contributed by atoms with Crippen molar-refractivity contribution in [2.45, 2.75) is 13.2 Å². The molecule has 182 valence electrons. The minimum Gasteiger partial charge on any atom is -0.489 e. The molecular weight excluding hydrogens is 478 g/mol. The van der Waals surface area contributed by atoms with Crippen LogP contribution in [0.3, 0.4) is 0 Å². The number of benzene rings is 3.